The Labute approximate surface area is 177 Å². The van der Waals surface area contributed by atoms with Crippen LogP contribution in [0.1, 0.15) is 17.3 Å². The monoisotopic (exact) mass is 440 g/mol. The van der Waals surface area contributed by atoms with Crippen molar-refractivity contribution in [2.75, 3.05) is 19.8 Å². The Hall–Kier alpha value is -2.97. The summed E-state index contributed by atoms with van der Waals surface area (Å²) >= 11 is 11.7. The van der Waals surface area contributed by atoms with Gasteiger partial charge in [-0.15, -0.1) is 0 Å². The van der Waals surface area contributed by atoms with Gasteiger partial charge in [0, 0.05) is 5.02 Å². The number of ether oxygens (including phenoxy) is 3. The maximum Gasteiger partial charge on any atom is 0.338 e. The van der Waals surface area contributed by atoms with Crippen LogP contribution in [0.4, 0.5) is 0 Å². The van der Waals surface area contributed by atoms with Crippen molar-refractivity contribution < 1.29 is 28.6 Å². The van der Waals surface area contributed by atoms with Gasteiger partial charge in [-0.1, -0.05) is 23.2 Å². The lowest BCUT2D eigenvalue weighted by atomic mass is 10.2. The molecule has 2 N–H and O–H groups in total. The number of amides is 2. The molecule has 0 aromatic heterocycles. The van der Waals surface area contributed by atoms with Crippen LogP contribution in [0.5, 0.6) is 11.5 Å². The summed E-state index contributed by atoms with van der Waals surface area (Å²) in [7, 11) is 0. The van der Waals surface area contributed by atoms with Crippen LogP contribution in [0.25, 0.3) is 0 Å². The van der Waals surface area contributed by atoms with Crippen LogP contribution in [-0.4, -0.2) is 37.6 Å². The standard InChI is InChI=1S/C19H18Cl2N2O6/c1-2-27-19(26)12-3-6-14(7-4-12)28-10-17(24)22-23-18(25)11-29-16-8-5-13(20)9-15(16)21/h3-9H,2,10-11H2,1H3,(H,22,24)(H,23,25). The lowest BCUT2D eigenvalue weighted by Gasteiger charge is -2.10. The first-order chi connectivity index (χ1) is 13.9. The molecule has 0 unspecified atom stereocenters. The molecule has 0 atom stereocenters. The number of halogens is 2. The summed E-state index contributed by atoms with van der Waals surface area (Å²) in [5, 5.41) is 0.700. The van der Waals surface area contributed by atoms with Crippen molar-refractivity contribution in [1.82, 2.24) is 10.9 Å². The van der Waals surface area contributed by atoms with Crippen molar-refractivity contribution in [3.05, 3.63) is 58.1 Å². The lowest BCUT2D eigenvalue weighted by Crippen LogP contribution is -2.45. The molecule has 0 radical (unpaired) electrons. The van der Waals surface area contributed by atoms with Crippen molar-refractivity contribution in [3.63, 3.8) is 0 Å². The highest BCUT2D eigenvalue weighted by Gasteiger charge is 2.10. The third-order valence-corrected chi connectivity index (χ3v) is 3.86. The summed E-state index contributed by atoms with van der Waals surface area (Å²) in [5.41, 5.74) is 4.74. The molecule has 0 aliphatic heterocycles. The molecule has 0 aliphatic carbocycles. The van der Waals surface area contributed by atoms with Crippen LogP contribution in [0.15, 0.2) is 42.5 Å². The van der Waals surface area contributed by atoms with Gasteiger partial charge in [-0.25, -0.2) is 4.79 Å². The molecular weight excluding hydrogens is 423 g/mol. The number of rotatable bonds is 8. The van der Waals surface area contributed by atoms with Crippen LogP contribution in [-0.2, 0) is 14.3 Å². The van der Waals surface area contributed by atoms with Crippen molar-refractivity contribution in [1.29, 1.82) is 0 Å². The first-order valence-corrected chi connectivity index (χ1v) is 9.20. The normalized spacial score (nSPS) is 10.0. The second kappa shape index (κ2) is 11.1. The van der Waals surface area contributed by atoms with E-state index in [-0.39, 0.29) is 30.6 Å². The predicted molar refractivity (Wildman–Crippen MR) is 106 cm³/mol. The molecule has 8 nitrogen and oxygen atoms in total. The second-order valence-corrected chi connectivity index (χ2v) is 6.34. The number of benzene rings is 2. The Morgan fingerprint density at radius 3 is 2.10 bits per heavy atom. The largest absolute Gasteiger partial charge is 0.484 e. The second-order valence-electron chi connectivity index (χ2n) is 5.49. The Bertz CT molecular complexity index is 874. The van der Waals surface area contributed by atoms with E-state index in [9.17, 15) is 14.4 Å². The Morgan fingerprint density at radius 1 is 0.897 bits per heavy atom. The fourth-order valence-corrected chi connectivity index (χ4v) is 2.46. The molecule has 0 saturated heterocycles. The van der Waals surface area contributed by atoms with Crippen molar-refractivity contribution >= 4 is 41.0 Å². The molecule has 0 fully saturated rings. The number of carbonyl (C=O) groups is 3. The summed E-state index contributed by atoms with van der Waals surface area (Å²) < 4.78 is 15.4. The number of esters is 1. The SMILES string of the molecule is CCOC(=O)c1ccc(OCC(=O)NNC(=O)COc2ccc(Cl)cc2Cl)cc1. The molecule has 154 valence electrons. The van der Waals surface area contributed by atoms with E-state index >= 15 is 0 Å². The average molecular weight is 441 g/mol. The number of hydrogen-bond acceptors (Lipinski definition) is 6. The number of hydrogen-bond donors (Lipinski definition) is 2. The van der Waals surface area contributed by atoms with Crippen LogP contribution >= 0.6 is 23.2 Å². The summed E-state index contributed by atoms with van der Waals surface area (Å²) in [6.07, 6.45) is 0. The van der Waals surface area contributed by atoms with Crippen LogP contribution < -0.4 is 20.3 Å². The number of hydrazine groups is 1. The maximum atomic E-state index is 11.7. The fraction of sp³-hybridized carbons (Fsp3) is 0.211. The number of nitrogens with one attached hydrogen (secondary N) is 2. The van der Waals surface area contributed by atoms with E-state index in [2.05, 4.69) is 10.9 Å². The van der Waals surface area contributed by atoms with E-state index in [1.165, 1.54) is 36.4 Å². The van der Waals surface area contributed by atoms with E-state index in [0.29, 0.717) is 16.3 Å². The summed E-state index contributed by atoms with van der Waals surface area (Å²) in [5.74, 6) is -0.963. The first kappa shape index (κ1) is 22.3. The summed E-state index contributed by atoms with van der Waals surface area (Å²) in [6.45, 7) is 1.28. The molecule has 10 heteroatoms. The van der Waals surface area contributed by atoms with Gasteiger partial charge in [0.25, 0.3) is 11.8 Å². The molecule has 29 heavy (non-hydrogen) atoms. The predicted octanol–water partition coefficient (Wildman–Crippen LogP) is 2.78. The third-order valence-electron chi connectivity index (χ3n) is 3.33. The summed E-state index contributed by atoms with van der Waals surface area (Å²) in [4.78, 5) is 35.0. The minimum atomic E-state index is -0.594. The third kappa shape index (κ3) is 7.52. The fourth-order valence-electron chi connectivity index (χ4n) is 2.00. The zero-order chi connectivity index (χ0) is 21.2. The zero-order valence-corrected chi connectivity index (χ0v) is 16.9. The Balaban J connectivity index is 1.69. The van der Waals surface area contributed by atoms with Gasteiger partial charge in [0.1, 0.15) is 11.5 Å². The van der Waals surface area contributed by atoms with Gasteiger partial charge in [0.2, 0.25) is 0 Å². The molecule has 2 amide bonds. The van der Waals surface area contributed by atoms with Gasteiger partial charge in [-0.2, -0.15) is 0 Å². The average Bonchev–Trinajstić information content (AvgIpc) is 2.70. The lowest BCUT2D eigenvalue weighted by molar-refractivity contribution is -0.131. The molecule has 0 aliphatic rings. The van der Waals surface area contributed by atoms with Crippen LogP contribution in [0.2, 0.25) is 10.0 Å². The molecule has 2 aromatic rings. The van der Waals surface area contributed by atoms with Crippen LogP contribution in [0.3, 0.4) is 0 Å². The maximum absolute atomic E-state index is 11.7. The summed E-state index contributed by atoms with van der Waals surface area (Å²) in [6, 6.07) is 10.7. The van der Waals surface area contributed by atoms with E-state index in [0.717, 1.165) is 0 Å². The molecule has 0 saturated carbocycles. The highest BCUT2D eigenvalue weighted by molar-refractivity contribution is 6.35. The minimum Gasteiger partial charge on any atom is -0.484 e. The van der Waals surface area contributed by atoms with Crippen molar-refractivity contribution in [3.8, 4) is 11.5 Å². The Kier molecular flexibility index (Phi) is 8.57. The van der Waals surface area contributed by atoms with Gasteiger partial charge in [-0.05, 0) is 49.4 Å². The molecular formula is C19H18Cl2N2O6. The highest BCUT2D eigenvalue weighted by atomic mass is 35.5. The smallest absolute Gasteiger partial charge is 0.338 e. The van der Waals surface area contributed by atoms with Crippen LogP contribution in [0, 0.1) is 0 Å². The van der Waals surface area contributed by atoms with Gasteiger partial charge < -0.3 is 14.2 Å². The molecule has 2 rings (SSSR count). The van der Waals surface area contributed by atoms with E-state index in [4.69, 9.17) is 37.4 Å². The van der Waals surface area contributed by atoms with E-state index < -0.39 is 17.8 Å². The quantitative estimate of drug-likeness (QED) is 0.483. The Morgan fingerprint density at radius 2 is 1.52 bits per heavy atom. The zero-order valence-electron chi connectivity index (χ0n) is 15.4. The van der Waals surface area contributed by atoms with Gasteiger partial charge in [0.05, 0.1) is 17.2 Å². The van der Waals surface area contributed by atoms with E-state index in [1.54, 1.807) is 13.0 Å². The first-order valence-electron chi connectivity index (χ1n) is 8.44. The highest BCUT2D eigenvalue weighted by Crippen LogP contribution is 2.27. The van der Waals surface area contributed by atoms with Gasteiger partial charge in [-0.3, -0.25) is 20.4 Å². The topological polar surface area (TPSA) is 103 Å². The molecule has 0 heterocycles. The van der Waals surface area contributed by atoms with Gasteiger partial charge in [0.15, 0.2) is 13.2 Å². The molecule has 0 spiro atoms. The molecule has 0 bridgehead atoms. The number of carbonyl (C=O) groups excluding carboxylic acids is 3. The molecule has 2 aromatic carbocycles. The van der Waals surface area contributed by atoms with Gasteiger partial charge >= 0.3 is 5.97 Å². The van der Waals surface area contributed by atoms with Crippen molar-refractivity contribution in [2.24, 2.45) is 0 Å². The van der Waals surface area contributed by atoms with Crippen molar-refractivity contribution in [2.45, 2.75) is 6.92 Å². The van der Waals surface area contributed by atoms with E-state index in [1.807, 2.05) is 0 Å². The minimum absolute atomic E-state index is 0.261.